The van der Waals surface area contributed by atoms with Gasteiger partial charge in [0.15, 0.2) is 0 Å². The minimum absolute atomic E-state index is 0.0358. The standard InChI is InChI=1S/C19H25N5O/c1-3-22(4-2)18-15-20-17(14-21-18)19(25)24-12-10-23(11-13-24)16-8-6-5-7-9-16/h5-9,14-15H,3-4,10-13H2,1-2H3. The van der Waals surface area contributed by atoms with Crippen LogP contribution in [-0.2, 0) is 0 Å². The molecule has 2 aromatic rings. The molecular weight excluding hydrogens is 314 g/mol. The summed E-state index contributed by atoms with van der Waals surface area (Å²) < 4.78 is 0. The van der Waals surface area contributed by atoms with Crippen molar-refractivity contribution in [3.05, 3.63) is 48.4 Å². The lowest BCUT2D eigenvalue weighted by atomic mass is 10.2. The van der Waals surface area contributed by atoms with Crippen molar-refractivity contribution in [1.29, 1.82) is 0 Å². The molecular formula is C19H25N5O. The van der Waals surface area contributed by atoms with Gasteiger partial charge in [0, 0.05) is 45.0 Å². The number of hydrogen-bond donors (Lipinski definition) is 0. The van der Waals surface area contributed by atoms with Gasteiger partial charge in [-0.2, -0.15) is 0 Å². The maximum atomic E-state index is 12.7. The van der Waals surface area contributed by atoms with Gasteiger partial charge in [0.2, 0.25) is 0 Å². The zero-order chi connectivity index (χ0) is 17.6. The van der Waals surface area contributed by atoms with Crippen molar-refractivity contribution in [2.45, 2.75) is 13.8 Å². The van der Waals surface area contributed by atoms with Crippen LogP contribution in [0, 0.1) is 0 Å². The van der Waals surface area contributed by atoms with Gasteiger partial charge in [-0.25, -0.2) is 9.97 Å². The van der Waals surface area contributed by atoms with E-state index in [4.69, 9.17) is 0 Å². The highest BCUT2D eigenvalue weighted by atomic mass is 16.2. The van der Waals surface area contributed by atoms with Gasteiger partial charge < -0.3 is 14.7 Å². The lowest BCUT2D eigenvalue weighted by Gasteiger charge is -2.36. The van der Waals surface area contributed by atoms with Crippen LogP contribution in [0.4, 0.5) is 11.5 Å². The molecule has 0 radical (unpaired) electrons. The molecule has 132 valence electrons. The van der Waals surface area contributed by atoms with Crippen molar-refractivity contribution in [1.82, 2.24) is 14.9 Å². The van der Waals surface area contributed by atoms with Gasteiger partial charge >= 0.3 is 0 Å². The molecule has 0 spiro atoms. The fourth-order valence-electron chi connectivity index (χ4n) is 3.11. The van der Waals surface area contributed by atoms with Crippen LogP contribution in [0.25, 0.3) is 0 Å². The van der Waals surface area contributed by atoms with E-state index < -0.39 is 0 Å². The largest absolute Gasteiger partial charge is 0.368 e. The SMILES string of the molecule is CCN(CC)c1cnc(C(=O)N2CCN(c3ccccc3)CC2)cn1. The van der Waals surface area contributed by atoms with Gasteiger partial charge in [0.25, 0.3) is 5.91 Å². The third-order valence-corrected chi connectivity index (χ3v) is 4.63. The molecule has 2 heterocycles. The molecule has 6 nitrogen and oxygen atoms in total. The van der Waals surface area contributed by atoms with Crippen LogP contribution in [0.5, 0.6) is 0 Å². The van der Waals surface area contributed by atoms with Gasteiger partial charge in [0.1, 0.15) is 11.5 Å². The zero-order valence-corrected chi connectivity index (χ0v) is 14.9. The number of piperazine rings is 1. The first-order chi connectivity index (χ1) is 12.2. The molecule has 0 atom stereocenters. The second-order valence-electron chi connectivity index (χ2n) is 6.05. The third kappa shape index (κ3) is 3.90. The van der Waals surface area contributed by atoms with Crippen LogP contribution in [-0.4, -0.2) is 60.0 Å². The van der Waals surface area contributed by atoms with Crippen LogP contribution < -0.4 is 9.80 Å². The van der Waals surface area contributed by atoms with E-state index in [1.807, 2.05) is 23.1 Å². The van der Waals surface area contributed by atoms with Gasteiger partial charge in [-0.15, -0.1) is 0 Å². The van der Waals surface area contributed by atoms with Crippen molar-refractivity contribution in [2.24, 2.45) is 0 Å². The van der Waals surface area contributed by atoms with E-state index >= 15 is 0 Å². The fourth-order valence-corrected chi connectivity index (χ4v) is 3.11. The summed E-state index contributed by atoms with van der Waals surface area (Å²) in [4.78, 5) is 27.7. The van der Waals surface area contributed by atoms with Gasteiger partial charge in [-0.05, 0) is 26.0 Å². The number of aromatic nitrogens is 2. The second-order valence-corrected chi connectivity index (χ2v) is 6.05. The zero-order valence-electron chi connectivity index (χ0n) is 14.9. The van der Waals surface area contributed by atoms with Gasteiger partial charge in [0.05, 0.1) is 12.4 Å². The molecule has 6 heteroatoms. The molecule has 1 aromatic heterocycles. The molecule has 1 amide bonds. The Bertz CT molecular complexity index is 677. The number of amides is 1. The number of nitrogens with zero attached hydrogens (tertiary/aromatic N) is 5. The molecule has 0 aliphatic carbocycles. The number of para-hydroxylation sites is 1. The summed E-state index contributed by atoms with van der Waals surface area (Å²) in [6, 6.07) is 10.3. The van der Waals surface area contributed by atoms with Crippen LogP contribution in [0.2, 0.25) is 0 Å². The maximum Gasteiger partial charge on any atom is 0.274 e. The van der Waals surface area contributed by atoms with E-state index in [-0.39, 0.29) is 5.91 Å². The van der Waals surface area contributed by atoms with Crippen LogP contribution in [0.15, 0.2) is 42.7 Å². The van der Waals surface area contributed by atoms with Gasteiger partial charge in [-0.1, -0.05) is 18.2 Å². The minimum Gasteiger partial charge on any atom is -0.368 e. The molecule has 0 unspecified atom stereocenters. The molecule has 1 fully saturated rings. The first kappa shape index (κ1) is 17.2. The number of carbonyl (C=O) groups excluding carboxylic acids is 1. The molecule has 0 N–H and O–H groups in total. The summed E-state index contributed by atoms with van der Waals surface area (Å²) in [5.74, 6) is 0.779. The van der Waals surface area contributed by atoms with Crippen molar-refractivity contribution >= 4 is 17.4 Å². The third-order valence-electron chi connectivity index (χ3n) is 4.63. The van der Waals surface area contributed by atoms with E-state index in [0.29, 0.717) is 18.8 Å². The minimum atomic E-state index is -0.0358. The molecule has 1 saturated heterocycles. The first-order valence-corrected chi connectivity index (χ1v) is 8.89. The predicted octanol–water partition coefficient (Wildman–Crippen LogP) is 2.29. The fraction of sp³-hybridized carbons (Fsp3) is 0.421. The topological polar surface area (TPSA) is 52.6 Å². The first-order valence-electron chi connectivity index (χ1n) is 8.89. The van der Waals surface area contributed by atoms with E-state index in [0.717, 1.165) is 32.0 Å². The quantitative estimate of drug-likeness (QED) is 0.836. The van der Waals surface area contributed by atoms with Crippen molar-refractivity contribution in [3.8, 4) is 0 Å². The Labute approximate surface area is 149 Å². The van der Waals surface area contributed by atoms with Crippen molar-refractivity contribution < 1.29 is 4.79 Å². The van der Waals surface area contributed by atoms with Crippen LogP contribution >= 0.6 is 0 Å². The Kier molecular flexibility index (Phi) is 5.48. The molecule has 3 rings (SSSR count). The highest BCUT2D eigenvalue weighted by Crippen LogP contribution is 2.17. The molecule has 1 aliphatic rings. The summed E-state index contributed by atoms with van der Waals surface area (Å²) in [6.45, 7) is 8.98. The Hall–Kier alpha value is -2.63. The number of hydrogen-bond acceptors (Lipinski definition) is 5. The highest BCUT2D eigenvalue weighted by molar-refractivity contribution is 5.92. The number of anilines is 2. The van der Waals surface area contributed by atoms with E-state index in [1.165, 1.54) is 5.69 Å². The van der Waals surface area contributed by atoms with Gasteiger partial charge in [-0.3, -0.25) is 4.79 Å². The van der Waals surface area contributed by atoms with E-state index in [1.54, 1.807) is 12.4 Å². The lowest BCUT2D eigenvalue weighted by Crippen LogP contribution is -2.49. The monoisotopic (exact) mass is 339 g/mol. The summed E-state index contributed by atoms with van der Waals surface area (Å²) in [5, 5.41) is 0. The maximum absolute atomic E-state index is 12.7. The van der Waals surface area contributed by atoms with Crippen LogP contribution in [0.1, 0.15) is 24.3 Å². The molecule has 1 aliphatic heterocycles. The molecule has 1 aromatic carbocycles. The second kappa shape index (κ2) is 7.96. The normalized spacial score (nSPS) is 14.5. The summed E-state index contributed by atoms with van der Waals surface area (Å²) in [6.07, 6.45) is 3.29. The number of carbonyl (C=O) groups is 1. The molecule has 0 saturated carbocycles. The predicted molar refractivity (Wildman–Crippen MR) is 100 cm³/mol. The summed E-state index contributed by atoms with van der Waals surface area (Å²) in [5.41, 5.74) is 1.63. The highest BCUT2D eigenvalue weighted by Gasteiger charge is 2.23. The van der Waals surface area contributed by atoms with E-state index in [2.05, 4.69) is 45.7 Å². The molecule has 0 bridgehead atoms. The van der Waals surface area contributed by atoms with E-state index in [9.17, 15) is 4.79 Å². The smallest absolute Gasteiger partial charge is 0.274 e. The average molecular weight is 339 g/mol. The lowest BCUT2D eigenvalue weighted by molar-refractivity contribution is 0.0740. The summed E-state index contributed by atoms with van der Waals surface area (Å²) >= 11 is 0. The average Bonchev–Trinajstić information content (AvgIpc) is 2.70. The molecule has 25 heavy (non-hydrogen) atoms. The summed E-state index contributed by atoms with van der Waals surface area (Å²) in [7, 11) is 0. The van der Waals surface area contributed by atoms with Crippen molar-refractivity contribution in [2.75, 3.05) is 49.1 Å². The van der Waals surface area contributed by atoms with Crippen LogP contribution in [0.3, 0.4) is 0 Å². The Morgan fingerprint density at radius 1 is 1.00 bits per heavy atom. The Morgan fingerprint density at radius 3 is 2.24 bits per heavy atom. The number of rotatable bonds is 5. The Balaban J connectivity index is 1.61. The number of benzene rings is 1. The van der Waals surface area contributed by atoms with Crippen molar-refractivity contribution in [3.63, 3.8) is 0 Å². The Morgan fingerprint density at radius 2 is 1.68 bits per heavy atom.